The molecule has 1000 valence electrons. The van der Waals surface area contributed by atoms with Crippen molar-refractivity contribution in [1.29, 1.82) is 0 Å². The third kappa shape index (κ3) is 4440000. The fraction of sp³-hybridized carbons (Fsp3) is 1.00. The number of hydrogen-bond acceptors (Lipinski definition) is 16. The average Bonchev–Trinajstić information content (AvgIpc) is 3.05. The van der Waals surface area contributed by atoms with Crippen LogP contribution in [0.1, 0.15) is 810 Å². The lowest BCUT2D eigenvalue weighted by Gasteiger charge is -0.345. The summed E-state index contributed by atoms with van der Waals surface area (Å²) in [4.78, 5) is 0. The van der Waals surface area contributed by atoms with Gasteiger partial charge in [-0.2, -0.15) is 0 Å². The first-order chi connectivity index (χ1) is 16.0. The molecule has 0 bridgehead atoms. The second-order valence-corrected chi connectivity index (χ2v) is 0. The zero-order chi connectivity index (χ0) is 32.0. The first-order valence-electron chi connectivity index (χ1n) is 9.24. The van der Waals surface area contributed by atoms with E-state index in [0.29, 0.717) is 0 Å². The van der Waals surface area contributed by atoms with Gasteiger partial charge in [-0.3, -0.25) is 0 Å². The van der Waals surface area contributed by atoms with Crippen LogP contribution >= 0.6 is 0 Å². The summed E-state index contributed by atoms with van der Waals surface area (Å²) in [5, 5.41) is 0. The molecule has 16 heteroatoms. The van der Waals surface area contributed by atoms with Crippen molar-refractivity contribution in [2.24, 2.45) is 0 Å². The molecule has 0 spiro atoms. The summed E-state index contributed by atoms with van der Waals surface area (Å²) < 4.78 is 84.0. The molecule has 0 amide bonds. The summed E-state index contributed by atoms with van der Waals surface area (Å²) >= 11 is 0. The molecule has 0 aliphatic carbocycles. The molecule has 0 rings (SSSR count). The van der Waals surface area contributed by atoms with Crippen LogP contribution in [0.2, 0.25) is 22.6 Å². The molecule has 48 N–H and O–H groups in total. The van der Waals surface area contributed by atoms with Crippen LogP contribution in [-0.2, 0) is 0 Å². The molecule has 0 saturated heterocycles. The van der Waals surface area contributed by atoms with Gasteiger partial charge in [0, 0.05) is 0 Å². The van der Waals surface area contributed by atoms with Crippen molar-refractivity contribution >= 4 is 0 Å². The zero-order valence-electron chi connectivity index (χ0n) is 25.2. The second kappa shape index (κ2) is 4510000. The highest BCUT2D eigenvalue weighted by atomic mass is 14.0. The van der Waals surface area contributed by atoms with E-state index in [2.05, 4.69) is 98.3 Å². The summed E-state index contributed by atoms with van der Waals surface area (Å²) in [6.45, 7) is 0. The Balaban J connectivity index is -0.000000000150. The second-order valence-electron chi connectivity index (χ2n) is 0. The van der Waals surface area contributed by atoms with Gasteiger partial charge in [0.15, 0.2) is 0 Å². The van der Waals surface area contributed by atoms with E-state index in [9.17, 15) is 0 Å². The van der Waals surface area contributed by atoms with Gasteiger partial charge < -0.3 is 98.3 Å². The van der Waals surface area contributed by atoms with E-state index in [0.717, 1.165) is 0 Å². The molecule has 0 fully saturated rings. The highest BCUT2D eigenvalue weighted by Gasteiger charge is 0.0352. The molecular formula is C109H484N16. The minimum atomic E-state index is 0. The Kier molecular flexibility index (Phi) is 289000000. The van der Waals surface area contributed by atoms with E-state index < -0.39 is 0 Å². The Hall–Kier alpha value is -0.640. The van der Waals surface area contributed by atoms with Gasteiger partial charge in [-0.25, -0.2) is 0 Å². The standard InChI is InChI=1S/109CH4.16H3N/h109*1H4;16*1H3/i/hD16. The van der Waals surface area contributed by atoms with Gasteiger partial charge >= 0.3 is 0 Å². The van der Waals surface area contributed by atoms with Crippen molar-refractivity contribution in [2.75, 3.05) is 0 Å². The number of rotatable bonds is 0. The third-order valence-electron chi connectivity index (χ3n) is 0. The van der Waals surface area contributed by atoms with Crippen molar-refractivity contribution < 1.29 is 22.6 Å². The van der Waals surface area contributed by atoms with Gasteiger partial charge in [0.05, 0.1) is 0 Å². The van der Waals surface area contributed by atoms with Crippen LogP contribution in [0, 0.1) is 0 Å². The Labute approximate surface area is 926 Å². The maximum atomic E-state index is 5.25. The highest BCUT2D eigenvalue weighted by Crippen LogP contribution is 0.255. The Bertz CT molecular complexity index is 141. The van der Waals surface area contributed by atoms with Crippen molar-refractivity contribution in [1.82, 2.24) is 98.3 Å². The van der Waals surface area contributed by atoms with Gasteiger partial charge in [-0.1, -0.05) is 810 Å². The van der Waals surface area contributed by atoms with Gasteiger partial charge in [-0.05, 0) is 0 Å². The molecule has 0 aliphatic heterocycles. The van der Waals surface area contributed by atoms with Crippen molar-refractivity contribution in [2.45, 2.75) is 810 Å². The molecule has 0 aromatic heterocycles. The van der Waals surface area contributed by atoms with E-state index in [-0.39, 0.29) is 810 Å². The van der Waals surface area contributed by atoms with Crippen molar-refractivity contribution in [3.63, 3.8) is 0 Å². The van der Waals surface area contributed by atoms with Gasteiger partial charge in [0.1, 0.15) is 22.6 Å². The average molecular weight is 2040 g/mol. The van der Waals surface area contributed by atoms with Crippen LogP contribution in [0.25, 0.3) is 0 Å². The van der Waals surface area contributed by atoms with Crippen LogP contribution in [0.3, 0.4) is 0 Å². The maximum Gasteiger partial charge on any atom is 0.115 e. The molecule has 0 aliphatic rings. The molecule has 0 radical (unpaired) electrons. The summed E-state index contributed by atoms with van der Waals surface area (Å²) in [5.74, 6) is 0. The van der Waals surface area contributed by atoms with E-state index in [1.807, 2.05) is 0 Å². The molecule has 0 aromatic rings. The minimum absolute atomic E-state index is 0. The lowest BCUT2D eigenvalue weighted by atomic mass is 12.0. The zero-order valence-corrected chi connectivity index (χ0v) is 9.24. The molecule has 0 atom stereocenters. The molecule has 0 heterocycles. The molecule has 0 unspecified atom stereocenters. The minimum Gasteiger partial charge on any atom is -0.344 e. The van der Waals surface area contributed by atoms with E-state index in [1.165, 1.54) is 0 Å². The van der Waals surface area contributed by atoms with Crippen molar-refractivity contribution in [3.8, 4) is 0 Å². The first-order valence-corrected chi connectivity index (χ1v) is 0. The maximum absolute atomic E-state index is 5.25. The summed E-state index contributed by atoms with van der Waals surface area (Å²) in [6, 6.07) is 0. The molecule has 16 nitrogen and oxygen atoms in total. The highest BCUT2D eigenvalue weighted by molar-refractivity contribution is 2.61. The molecule has 0 saturated carbocycles. The van der Waals surface area contributed by atoms with Crippen LogP contribution in [0.15, 0.2) is 0 Å². The molecule has 0 aromatic carbocycles. The van der Waals surface area contributed by atoms with Gasteiger partial charge in [0.2, 0.25) is 0 Å². The first kappa shape index (κ1) is 8020. The predicted molar refractivity (Wildman–Crippen MR) is 814 cm³/mol. The topological polar surface area (TPSA) is 560 Å². The fourth-order valence-electron chi connectivity index (χ4n) is 0. The largest absolute Gasteiger partial charge is 0.344 e. The fourth-order valence-corrected chi connectivity index (χ4v) is 0. The van der Waals surface area contributed by atoms with Crippen LogP contribution in [0.5, 0.6) is 0 Å². The monoisotopic (exact) mass is 2040 g/mol. The Morgan fingerprint density at radius 3 is 0.0320 bits per heavy atom. The van der Waals surface area contributed by atoms with Crippen LogP contribution in [-0.4, -0.2) is 0 Å². The summed E-state index contributed by atoms with van der Waals surface area (Å²) in [6.07, 6.45) is 60.0. The van der Waals surface area contributed by atoms with Crippen LogP contribution < -0.4 is 98.3 Å². The predicted octanol–water partition coefficient (Wildman–Crippen LogP) is 71.9. The van der Waals surface area contributed by atoms with Gasteiger partial charge in [0.25, 0.3) is 0 Å². The smallest absolute Gasteiger partial charge is 0.115 e. The van der Waals surface area contributed by atoms with E-state index >= 15 is 0 Å². The quantitative estimate of drug-likeness (QED) is 0.107. The SMILES string of the molecule is C.C.C.C.C.C.C.C.C.C.C.C.C.C.C.C.C.C.C.C.C.C.C.C.C.C.C.C.C.C.C.C.C.C.C.C.C.C.C.C.C.C.C.C.C.C.C.C.C.C.C.C.C.C.C.C.C.C.C.C.C.C.C.C.C.C.C.C.C.C.C.C.C.C.C.C.C.C.C.C.C.C.C.C.C.C.C.C.C.C.C.C.C.C.C.C.C.C.C.C.C.C.C.C.C.C.C.C.C.[2H]N.[2H]N.[2H]N.[2H]N.[2H]N.[2H]N.[2H]N.[2H]N.[2H]N.[2H]N.[2H]N.[2H]N.[2H]N.[2H]N.[2H]N.[2H]N. The Morgan fingerprint density at radius 1 is 0.0320 bits per heavy atom. The van der Waals surface area contributed by atoms with Gasteiger partial charge in [-0.15, -0.1) is 0 Å². The lowest BCUT2D eigenvalue weighted by Crippen LogP contribution is -0.482. The lowest BCUT2D eigenvalue weighted by molar-refractivity contribution is 2.13. The summed E-state index contributed by atoms with van der Waals surface area (Å²) in [7, 11) is 0. The van der Waals surface area contributed by atoms with E-state index in [1.54, 1.807) is 0 Å². The van der Waals surface area contributed by atoms with E-state index in [4.69, 9.17) is 22.6 Å². The molecule has 125 heavy (non-hydrogen) atoms. The molecular weight excluding hydrogens is 1530 g/mol. The number of hydrogen-bond donors (Lipinski definition) is 16. The van der Waals surface area contributed by atoms with Crippen molar-refractivity contribution in [3.05, 3.63) is 0 Å². The normalized spacial score (nSPS) is 0.896. The van der Waals surface area contributed by atoms with Crippen LogP contribution in [0.4, 0.5) is 0 Å². The Morgan fingerprint density at radius 2 is 0.0320 bits per heavy atom. The third-order valence-corrected chi connectivity index (χ3v) is 0. The summed E-state index contributed by atoms with van der Waals surface area (Å²) in [5.41, 5.74) is 0.